The first-order valence-corrected chi connectivity index (χ1v) is 10.3. The monoisotopic (exact) mass is 533 g/mol. The lowest BCUT2D eigenvalue weighted by Crippen LogP contribution is -2.27. The third-order valence-corrected chi connectivity index (χ3v) is 7.10. The number of amides is 1. The van der Waals surface area contributed by atoms with E-state index >= 15 is 0 Å². The number of thioether (sulfide) groups is 1. The summed E-state index contributed by atoms with van der Waals surface area (Å²) in [5, 5.41) is 10.9. The zero-order valence-electron chi connectivity index (χ0n) is 13.1. The maximum atomic E-state index is 12.9. The van der Waals surface area contributed by atoms with Gasteiger partial charge in [-0.1, -0.05) is 41.6 Å². The number of halogens is 3. The number of hydrogen-bond donors (Lipinski definition) is 1. The Morgan fingerprint density at radius 3 is 2.73 bits per heavy atom. The van der Waals surface area contributed by atoms with Gasteiger partial charge < -0.3 is 9.84 Å². The molecular weight excluding hydrogens is 526 g/mol. The fourth-order valence-electron chi connectivity index (χ4n) is 2.34. The van der Waals surface area contributed by atoms with Crippen molar-refractivity contribution in [2.45, 2.75) is 0 Å². The van der Waals surface area contributed by atoms with E-state index < -0.39 is 0 Å². The van der Waals surface area contributed by atoms with Crippen molar-refractivity contribution in [3.63, 3.8) is 0 Å². The van der Waals surface area contributed by atoms with Gasteiger partial charge in [0.15, 0.2) is 15.8 Å². The topological polar surface area (TPSA) is 49.8 Å². The highest BCUT2D eigenvalue weighted by Gasteiger charge is 2.34. The normalized spacial score (nSPS) is 15.8. The second-order valence-corrected chi connectivity index (χ2v) is 8.89. The molecule has 1 amide bonds. The number of phenolic OH excluding ortho intramolecular Hbond substituents is 1. The van der Waals surface area contributed by atoms with E-state index in [2.05, 4.69) is 31.9 Å². The molecule has 0 aromatic heterocycles. The van der Waals surface area contributed by atoms with Crippen LogP contribution in [0.25, 0.3) is 6.08 Å². The summed E-state index contributed by atoms with van der Waals surface area (Å²) in [6.07, 6.45) is 1.58. The molecule has 0 bridgehead atoms. The molecule has 1 aliphatic rings. The van der Waals surface area contributed by atoms with Crippen LogP contribution in [-0.4, -0.2) is 22.4 Å². The van der Waals surface area contributed by atoms with Crippen LogP contribution in [0.1, 0.15) is 5.56 Å². The number of rotatable bonds is 3. The smallest absolute Gasteiger partial charge is 0.270 e. The first-order chi connectivity index (χ1) is 12.3. The summed E-state index contributed by atoms with van der Waals surface area (Å²) >= 11 is 19.3. The number of nitrogens with zero attached hydrogens (tertiary/aromatic N) is 1. The number of benzene rings is 2. The zero-order chi connectivity index (χ0) is 19.0. The Balaban J connectivity index is 2.06. The minimum absolute atomic E-state index is 0.0735. The molecule has 1 fully saturated rings. The first-order valence-electron chi connectivity index (χ1n) is 7.12. The van der Waals surface area contributed by atoms with Crippen LogP contribution in [-0.2, 0) is 4.79 Å². The number of hydrogen-bond acceptors (Lipinski definition) is 5. The number of carbonyl (C=O) groups is 1. The highest BCUT2D eigenvalue weighted by atomic mass is 79.9. The molecule has 0 saturated carbocycles. The van der Waals surface area contributed by atoms with E-state index in [0.29, 0.717) is 34.4 Å². The molecule has 26 heavy (non-hydrogen) atoms. The fourth-order valence-corrected chi connectivity index (χ4v) is 4.64. The molecule has 2 aromatic rings. The van der Waals surface area contributed by atoms with Gasteiger partial charge in [-0.25, -0.2) is 0 Å². The van der Waals surface area contributed by atoms with Crippen LogP contribution in [0.3, 0.4) is 0 Å². The van der Waals surface area contributed by atoms with Crippen molar-refractivity contribution in [1.29, 1.82) is 0 Å². The minimum Gasteiger partial charge on any atom is -0.504 e. The number of anilines is 1. The quantitative estimate of drug-likeness (QED) is 0.387. The molecule has 0 unspecified atom stereocenters. The van der Waals surface area contributed by atoms with Crippen LogP contribution in [0.15, 0.2) is 44.2 Å². The average molecular weight is 536 g/mol. The van der Waals surface area contributed by atoms with E-state index in [0.717, 1.165) is 11.8 Å². The van der Waals surface area contributed by atoms with Crippen LogP contribution >= 0.6 is 67.4 Å². The van der Waals surface area contributed by atoms with Gasteiger partial charge in [0.05, 0.1) is 17.7 Å². The van der Waals surface area contributed by atoms with Gasteiger partial charge in [0.1, 0.15) is 0 Å². The molecule has 4 nitrogen and oxygen atoms in total. The van der Waals surface area contributed by atoms with Gasteiger partial charge in [-0.15, -0.1) is 0 Å². The van der Waals surface area contributed by atoms with Gasteiger partial charge in [0.2, 0.25) is 0 Å². The number of aromatic hydroxyl groups is 1. The molecular formula is C17H10Br2ClNO3S2. The summed E-state index contributed by atoms with van der Waals surface area (Å²) in [6, 6.07) is 8.54. The van der Waals surface area contributed by atoms with E-state index in [9.17, 15) is 9.90 Å². The van der Waals surface area contributed by atoms with Gasteiger partial charge in [0.25, 0.3) is 5.91 Å². The number of phenols is 1. The third-order valence-electron chi connectivity index (χ3n) is 3.55. The van der Waals surface area contributed by atoms with Crippen molar-refractivity contribution in [2.24, 2.45) is 0 Å². The first kappa shape index (κ1) is 19.7. The molecule has 9 heteroatoms. The predicted molar refractivity (Wildman–Crippen MR) is 117 cm³/mol. The van der Waals surface area contributed by atoms with E-state index in [1.807, 2.05) is 0 Å². The van der Waals surface area contributed by atoms with Gasteiger partial charge in [-0.3, -0.25) is 9.69 Å². The maximum Gasteiger partial charge on any atom is 0.270 e. The lowest BCUT2D eigenvalue weighted by molar-refractivity contribution is -0.113. The van der Waals surface area contributed by atoms with Crippen molar-refractivity contribution in [3.8, 4) is 11.5 Å². The van der Waals surface area contributed by atoms with Crippen molar-refractivity contribution in [1.82, 2.24) is 0 Å². The van der Waals surface area contributed by atoms with Crippen LogP contribution in [0.2, 0.25) is 5.02 Å². The van der Waals surface area contributed by atoms with Gasteiger partial charge >= 0.3 is 0 Å². The predicted octanol–water partition coefficient (Wildman–Crippen LogP) is 5.99. The second-order valence-electron chi connectivity index (χ2n) is 5.13. The van der Waals surface area contributed by atoms with E-state index in [-0.39, 0.29) is 17.4 Å². The summed E-state index contributed by atoms with van der Waals surface area (Å²) in [6.45, 7) is 0. The summed E-state index contributed by atoms with van der Waals surface area (Å²) in [5.41, 5.74) is 1.02. The summed E-state index contributed by atoms with van der Waals surface area (Å²) in [7, 11) is 1.46. The molecule has 3 rings (SSSR count). The van der Waals surface area contributed by atoms with Crippen LogP contribution in [0.4, 0.5) is 5.69 Å². The molecule has 0 atom stereocenters. The Kier molecular flexibility index (Phi) is 5.98. The number of carbonyl (C=O) groups excluding carboxylic acids is 1. The molecule has 1 aliphatic heterocycles. The third kappa shape index (κ3) is 3.66. The second kappa shape index (κ2) is 7.90. The lowest BCUT2D eigenvalue weighted by Gasteiger charge is -2.14. The summed E-state index contributed by atoms with van der Waals surface area (Å²) < 4.78 is 6.84. The zero-order valence-corrected chi connectivity index (χ0v) is 18.7. The van der Waals surface area contributed by atoms with Crippen molar-refractivity contribution >= 4 is 89.4 Å². The van der Waals surface area contributed by atoms with E-state index in [1.165, 1.54) is 12.0 Å². The number of thiocarbonyl (C=S) groups is 1. The Hall–Kier alpha value is -1.06. The minimum atomic E-state index is -0.285. The Morgan fingerprint density at radius 2 is 2.08 bits per heavy atom. The Morgan fingerprint density at radius 1 is 1.35 bits per heavy atom. The fraction of sp³-hybridized carbons (Fsp3) is 0.0588. The SMILES string of the molecule is COc1cc(Br)c(Br)c(/C=C2/SC(=S)N(c3cccc(Cl)c3)C2=O)c1O. The molecule has 0 radical (unpaired) electrons. The van der Waals surface area contributed by atoms with Crippen LogP contribution in [0.5, 0.6) is 11.5 Å². The molecule has 1 heterocycles. The molecule has 1 N–H and O–H groups in total. The van der Waals surface area contributed by atoms with Crippen molar-refractivity contribution < 1.29 is 14.6 Å². The maximum absolute atomic E-state index is 12.9. The average Bonchev–Trinajstić information content (AvgIpc) is 2.88. The summed E-state index contributed by atoms with van der Waals surface area (Å²) in [4.78, 5) is 14.7. The highest BCUT2D eigenvalue weighted by molar-refractivity contribution is 9.13. The van der Waals surface area contributed by atoms with Gasteiger partial charge in [-0.2, -0.15) is 0 Å². The molecule has 0 aliphatic carbocycles. The number of methoxy groups -OCH3 is 1. The molecule has 2 aromatic carbocycles. The molecule has 134 valence electrons. The van der Waals surface area contributed by atoms with E-state index in [4.69, 9.17) is 28.6 Å². The lowest BCUT2D eigenvalue weighted by atomic mass is 10.1. The summed E-state index contributed by atoms with van der Waals surface area (Å²) in [5.74, 6) is -0.0697. The Labute approximate surface area is 181 Å². The molecule has 0 spiro atoms. The van der Waals surface area contributed by atoms with Gasteiger partial charge in [0, 0.05) is 19.5 Å². The standard InChI is InChI=1S/C17H10Br2ClNO3S2/c1-24-12-7-11(18)14(19)10(15(12)22)6-13-16(23)21(17(25)26-13)9-4-2-3-8(20)5-9/h2-7,22H,1H3/b13-6+. The van der Waals surface area contributed by atoms with Crippen LogP contribution in [0, 0.1) is 0 Å². The van der Waals surface area contributed by atoms with E-state index in [1.54, 1.807) is 36.4 Å². The number of ether oxygens (including phenoxy) is 1. The van der Waals surface area contributed by atoms with Crippen LogP contribution < -0.4 is 9.64 Å². The highest BCUT2D eigenvalue weighted by Crippen LogP contribution is 2.44. The molecule has 1 saturated heterocycles. The van der Waals surface area contributed by atoms with Crippen molar-refractivity contribution in [2.75, 3.05) is 12.0 Å². The van der Waals surface area contributed by atoms with Crippen molar-refractivity contribution in [3.05, 3.63) is 54.8 Å². The Bertz CT molecular complexity index is 965. The largest absolute Gasteiger partial charge is 0.504 e. The van der Waals surface area contributed by atoms with Gasteiger partial charge in [-0.05, 0) is 62.2 Å².